The minimum Gasteiger partial charge on any atom is -0.377 e. The van der Waals surface area contributed by atoms with Crippen molar-refractivity contribution in [3.05, 3.63) is 0 Å². The SMILES string of the molecule is CCCCCCCCCCCCCCCCCCCCPO. The van der Waals surface area contributed by atoms with E-state index in [1.54, 1.807) is 0 Å². The molecule has 0 aromatic heterocycles. The van der Waals surface area contributed by atoms with Gasteiger partial charge in [0.15, 0.2) is 0 Å². The smallest absolute Gasteiger partial charge is 0.0107 e. The molecule has 0 aliphatic rings. The topological polar surface area (TPSA) is 20.2 Å². The van der Waals surface area contributed by atoms with E-state index in [1.807, 2.05) is 0 Å². The quantitative estimate of drug-likeness (QED) is 0.191. The van der Waals surface area contributed by atoms with Crippen LogP contribution in [0.3, 0.4) is 0 Å². The molecule has 1 atom stereocenters. The van der Waals surface area contributed by atoms with Gasteiger partial charge in [-0.3, -0.25) is 0 Å². The second-order valence-corrected chi connectivity index (χ2v) is 7.73. The summed E-state index contributed by atoms with van der Waals surface area (Å²) < 4.78 is 0. The minimum absolute atomic E-state index is 0.168. The average molecular weight is 331 g/mol. The fourth-order valence-electron chi connectivity index (χ4n) is 3.11. The summed E-state index contributed by atoms with van der Waals surface area (Å²) >= 11 is 0. The van der Waals surface area contributed by atoms with Crippen molar-refractivity contribution in [2.75, 3.05) is 6.16 Å². The Hall–Kier alpha value is 0.390. The van der Waals surface area contributed by atoms with E-state index in [2.05, 4.69) is 6.92 Å². The molecular weight excluding hydrogens is 287 g/mol. The van der Waals surface area contributed by atoms with Gasteiger partial charge in [0, 0.05) is 8.81 Å². The van der Waals surface area contributed by atoms with E-state index in [0.717, 1.165) is 6.16 Å². The molecular formula is C20H43OP. The van der Waals surface area contributed by atoms with Gasteiger partial charge in [-0.15, -0.1) is 0 Å². The Morgan fingerprint density at radius 1 is 0.455 bits per heavy atom. The van der Waals surface area contributed by atoms with Crippen LogP contribution >= 0.6 is 8.81 Å². The number of hydrogen-bond donors (Lipinski definition) is 1. The zero-order valence-electron chi connectivity index (χ0n) is 15.4. The largest absolute Gasteiger partial charge is 0.377 e. The third-order valence-electron chi connectivity index (χ3n) is 4.64. The van der Waals surface area contributed by atoms with E-state index < -0.39 is 0 Å². The maximum Gasteiger partial charge on any atom is 0.0107 e. The molecule has 0 bridgehead atoms. The molecule has 1 nitrogen and oxygen atoms in total. The predicted octanol–water partition coefficient (Wildman–Crippen LogP) is 7.61. The molecule has 0 aromatic rings. The van der Waals surface area contributed by atoms with Crippen LogP contribution in [0, 0.1) is 0 Å². The van der Waals surface area contributed by atoms with E-state index in [9.17, 15) is 0 Å². The van der Waals surface area contributed by atoms with Crippen molar-refractivity contribution in [2.45, 2.75) is 122 Å². The Balaban J connectivity index is 2.91. The molecule has 2 heteroatoms. The van der Waals surface area contributed by atoms with Crippen molar-refractivity contribution in [3.8, 4) is 0 Å². The number of unbranched alkanes of at least 4 members (excludes halogenated alkanes) is 17. The van der Waals surface area contributed by atoms with Crippen LogP contribution in [-0.4, -0.2) is 11.1 Å². The van der Waals surface area contributed by atoms with Crippen molar-refractivity contribution in [1.82, 2.24) is 0 Å². The zero-order chi connectivity index (χ0) is 16.1. The van der Waals surface area contributed by atoms with Crippen LogP contribution in [0.25, 0.3) is 0 Å². The van der Waals surface area contributed by atoms with Crippen molar-refractivity contribution in [1.29, 1.82) is 0 Å². The standard InChI is InChI=1S/C20H43OP/c1-2-3-4-5-6-7-8-9-10-11-12-13-14-15-16-17-18-19-20-22-21/h21-22H,2-20H2,1H3. The Kier molecular flexibility index (Phi) is 21.8. The molecule has 0 aliphatic heterocycles. The van der Waals surface area contributed by atoms with Crippen LogP contribution in [0.5, 0.6) is 0 Å². The van der Waals surface area contributed by atoms with Gasteiger partial charge in [-0.25, -0.2) is 0 Å². The molecule has 1 N–H and O–H groups in total. The van der Waals surface area contributed by atoms with Gasteiger partial charge in [-0.05, 0) is 12.6 Å². The summed E-state index contributed by atoms with van der Waals surface area (Å²) in [6.07, 6.45) is 26.7. The highest BCUT2D eigenvalue weighted by atomic mass is 31.1. The lowest BCUT2D eigenvalue weighted by molar-refractivity contribution is 0.526. The summed E-state index contributed by atoms with van der Waals surface area (Å²) in [5.74, 6) is 0. The van der Waals surface area contributed by atoms with Crippen molar-refractivity contribution < 1.29 is 4.89 Å². The van der Waals surface area contributed by atoms with Gasteiger partial charge in [0.05, 0.1) is 0 Å². The fraction of sp³-hybridized carbons (Fsp3) is 1.00. The first-order valence-electron chi connectivity index (χ1n) is 10.3. The second-order valence-electron chi connectivity index (χ2n) is 6.92. The molecule has 0 radical (unpaired) electrons. The predicted molar refractivity (Wildman–Crippen MR) is 104 cm³/mol. The summed E-state index contributed by atoms with van der Waals surface area (Å²) in [5.41, 5.74) is 0. The number of rotatable bonds is 19. The first-order valence-corrected chi connectivity index (χ1v) is 11.4. The first-order chi connectivity index (χ1) is 10.9. The molecule has 0 aliphatic carbocycles. The van der Waals surface area contributed by atoms with E-state index in [-0.39, 0.29) is 8.81 Å². The molecule has 0 spiro atoms. The fourth-order valence-corrected chi connectivity index (χ4v) is 3.51. The van der Waals surface area contributed by atoms with Gasteiger partial charge < -0.3 is 4.89 Å². The maximum atomic E-state index is 8.73. The van der Waals surface area contributed by atoms with Crippen LogP contribution < -0.4 is 0 Å². The molecule has 0 aromatic carbocycles. The lowest BCUT2D eigenvalue weighted by Crippen LogP contribution is -1.84. The van der Waals surface area contributed by atoms with Crippen molar-refractivity contribution >= 4 is 8.81 Å². The third kappa shape index (κ3) is 20.4. The van der Waals surface area contributed by atoms with Crippen LogP contribution in [0.1, 0.15) is 122 Å². The molecule has 134 valence electrons. The van der Waals surface area contributed by atoms with Gasteiger partial charge in [0.25, 0.3) is 0 Å². The second kappa shape index (κ2) is 21.4. The zero-order valence-corrected chi connectivity index (χ0v) is 16.4. The first kappa shape index (κ1) is 22.4. The summed E-state index contributed by atoms with van der Waals surface area (Å²) in [4.78, 5) is 8.73. The summed E-state index contributed by atoms with van der Waals surface area (Å²) in [7, 11) is 0.168. The van der Waals surface area contributed by atoms with E-state index in [4.69, 9.17) is 4.89 Å². The van der Waals surface area contributed by atoms with Gasteiger partial charge in [0.2, 0.25) is 0 Å². The van der Waals surface area contributed by atoms with Crippen molar-refractivity contribution in [3.63, 3.8) is 0 Å². The highest BCUT2D eigenvalue weighted by molar-refractivity contribution is 7.31. The molecule has 22 heavy (non-hydrogen) atoms. The minimum atomic E-state index is 0.168. The average Bonchev–Trinajstić information content (AvgIpc) is 2.54. The number of hydrogen-bond acceptors (Lipinski definition) is 1. The Bertz CT molecular complexity index is 165. The monoisotopic (exact) mass is 330 g/mol. The normalized spacial score (nSPS) is 11.7. The summed E-state index contributed by atoms with van der Waals surface area (Å²) in [6.45, 7) is 2.29. The highest BCUT2D eigenvalue weighted by Crippen LogP contribution is 2.15. The molecule has 0 saturated carbocycles. The van der Waals surface area contributed by atoms with Gasteiger partial charge >= 0.3 is 0 Å². The molecule has 0 rings (SSSR count). The van der Waals surface area contributed by atoms with E-state index in [1.165, 1.54) is 116 Å². The lowest BCUT2D eigenvalue weighted by Gasteiger charge is -2.03. The Morgan fingerprint density at radius 3 is 1.00 bits per heavy atom. The van der Waals surface area contributed by atoms with Gasteiger partial charge in [0.1, 0.15) is 0 Å². The maximum absolute atomic E-state index is 8.73. The van der Waals surface area contributed by atoms with Gasteiger partial charge in [-0.2, -0.15) is 0 Å². The lowest BCUT2D eigenvalue weighted by atomic mass is 10.0. The van der Waals surface area contributed by atoms with Crippen molar-refractivity contribution in [2.24, 2.45) is 0 Å². The summed E-state index contributed by atoms with van der Waals surface area (Å²) in [5, 5.41) is 0. The Labute approximate surface area is 142 Å². The molecule has 0 heterocycles. The Morgan fingerprint density at radius 2 is 0.727 bits per heavy atom. The molecule has 1 unspecified atom stereocenters. The highest BCUT2D eigenvalue weighted by Gasteiger charge is 1.94. The summed E-state index contributed by atoms with van der Waals surface area (Å²) in [6, 6.07) is 0. The molecule has 0 amide bonds. The van der Waals surface area contributed by atoms with Crippen LogP contribution in [-0.2, 0) is 0 Å². The third-order valence-corrected chi connectivity index (χ3v) is 5.22. The van der Waals surface area contributed by atoms with Crippen LogP contribution in [0.2, 0.25) is 0 Å². The molecule has 0 fully saturated rings. The van der Waals surface area contributed by atoms with Crippen LogP contribution in [0.4, 0.5) is 0 Å². The molecule has 0 saturated heterocycles. The van der Waals surface area contributed by atoms with E-state index in [0.29, 0.717) is 0 Å². The van der Waals surface area contributed by atoms with E-state index >= 15 is 0 Å². The van der Waals surface area contributed by atoms with Gasteiger partial charge in [-0.1, -0.05) is 116 Å². The van der Waals surface area contributed by atoms with Crippen LogP contribution in [0.15, 0.2) is 0 Å².